The molecule has 1 aliphatic rings. The molecule has 2 aromatic heterocycles. The predicted molar refractivity (Wildman–Crippen MR) is 95.9 cm³/mol. The Kier molecular flexibility index (Phi) is 4.45. The van der Waals surface area contributed by atoms with Gasteiger partial charge >= 0.3 is 11.8 Å². The van der Waals surface area contributed by atoms with E-state index in [9.17, 15) is 9.59 Å². The number of fused-ring (bicyclic) bond motifs is 1. The number of amides is 1. The van der Waals surface area contributed by atoms with E-state index < -0.39 is 6.09 Å². The summed E-state index contributed by atoms with van der Waals surface area (Å²) in [6, 6.07) is 1.88. The number of H-pyrrole nitrogens is 1. The van der Waals surface area contributed by atoms with Gasteiger partial charge in [0.25, 0.3) is 0 Å². The molecule has 0 bridgehead atoms. The molecule has 2 N–H and O–H groups in total. The van der Waals surface area contributed by atoms with Crippen molar-refractivity contribution in [1.82, 2.24) is 19.9 Å². The van der Waals surface area contributed by atoms with Gasteiger partial charge in [-0.15, -0.1) is 0 Å². The second-order valence-corrected chi connectivity index (χ2v) is 7.51. The van der Waals surface area contributed by atoms with Crippen LogP contribution in [0.1, 0.15) is 33.6 Å². The molecule has 0 radical (unpaired) electrons. The van der Waals surface area contributed by atoms with Crippen molar-refractivity contribution in [3.8, 4) is 0 Å². The molecule has 0 saturated carbocycles. The molecule has 0 spiro atoms. The van der Waals surface area contributed by atoms with Gasteiger partial charge in [-0.25, -0.2) is 14.6 Å². The molecule has 8 heteroatoms. The van der Waals surface area contributed by atoms with Gasteiger partial charge in [0.2, 0.25) is 0 Å². The van der Waals surface area contributed by atoms with Crippen LogP contribution in [0.25, 0.3) is 11.2 Å². The molecular formula is C17H25N5O3. The van der Waals surface area contributed by atoms with Gasteiger partial charge < -0.3 is 19.9 Å². The van der Waals surface area contributed by atoms with Gasteiger partial charge in [0, 0.05) is 25.3 Å². The van der Waals surface area contributed by atoms with E-state index in [-0.39, 0.29) is 17.3 Å². The lowest BCUT2D eigenvalue weighted by Crippen LogP contribution is -2.46. The predicted octanol–water partition coefficient (Wildman–Crippen LogP) is 1.76. The van der Waals surface area contributed by atoms with Gasteiger partial charge in [0.1, 0.15) is 11.6 Å². The Morgan fingerprint density at radius 3 is 2.92 bits per heavy atom. The molecule has 25 heavy (non-hydrogen) atoms. The van der Waals surface area contributed by atoms with Crippen LogP contribution in [0, 0.1) is 0 Å². The number of imidazole rings is 1. The third kappa shape index (κ3) is 3.78. The lowest BCUT2D eigenvalue weighted by atomic mass is 10.1. The second-order valence-electron chi connectivity index (χ2n) is 7.51. The molecule has 1 amide bonds. The fourth-order valence-corrected chi connectivity index (χ4v) is 3.11. The molecule has 2 aromatic rings. The Labute approximate surface area is 146 Å². The monoisotopic (exact) mass is 347 g/mol. The number of carbonyl (C=O) groups excluding carboxylic acids is 1. The van der Waals surface area contributed by atoms with Crippen LogP contribution in [0.15, 0.2) is 17.1 Å². The number of nitrogens with one attached hydrogen (secondary N) is 2. The van der Waals surface area contributed by atoms with E-state index in [0.29, 0.717) is 12.2 Å². The lowest BCUT2D eigenvalue weighted by Gasteiger charge is -2.34. The van der Waals surface area contributed by atoms with Crippen molar-refractivity contribution in [1.29, 1.82) is 0 Å². The number of aryl methyl sites for hydroxylation is 1. The molecule has 0 aliphatic carbocycles. The number of nitrogens with zero attached hydrogens (tertiary/aromatic N) is 3. The highest BCUT2D eigenvalue weighted by Crippen LogP contribution is 2.26. The van der Waals surface area contributed by atoms with Gasteiger partial charge in [-0.2, -0.15) is 0 Å². The van der Waals surface area contributed by atoms with E-state index in [2.05, 4.69) is 20.2 Å². The summed E-state index contributed by atoms with van der Waals surface area (Å²) in [7, 11) is 1.69. The minimum atomic E-state index is -0.396. The van der Waals surface area contributed by atoms with E-state index in [1.165, 1.54) is 4.57 Å². The Morgan fingerprint density at radius 2 is 2.20 bits per heavy atom. The summed E-state index contributed by atoms with van der Waals surface area (Å²) in [5, 5.41) is 2.82. The smallest absolute Gasteiger partial charge is 0.407 e. The van der Waals surface area contributed by atoms with Crippen molar-refractivity contribution >= 4 is 22.9 Å². The summed E-state index contributed by atoms with van der Waals surface area (Å²) in [5.74, 6) is 0. The molecule has 1 unspecified atom stereocenters. The van der Waals surface area contributed by atoms with Crippen LogP contribution < -0.4 is 15.9 Å². The largest absolute Gasteiger partial charge is 0.444 e. The molecule has 8 nitrogen and oxygen atoms in total. The standard InChI is InChI=1S/C17H25N5O3/c1-17(2,3)20-16(24)25-11-6-5-9-22(10-11)12-7-8-18-14-13(12)19-15(23)21(14)4/h7-8,11H,5-6,9-10H2,1-4H3,(H,19,23)(H,20,24). The Bertz CT molecular complexity index is 833. The van der Waals surface area contributed by atoms with Crippen LogP contribution in [0.3, 0.4) is 0 Å². The van der Waals surface area contributed by atoms with Gasteiger partial charge in [-0.05, 0) is 39.7 Å². The number of aromatic nitrogens is 3. The summed E-state index contributed by atoms with van der Waals surface area (Å²) in [6.07, 6.45) is 2.85. The Morgan fingerprint density at radius 1 is 1.44 bits per heavy atom. The zero-order chi connectivity index (χ0) is 18.2. The average Bonchev–Trinajstić information content (AvgIpc) is 2.81. The molecule has 1 atom stereocenters. The maximum absolute atomic E-state index is 12.0. The summed E-state index contributed by atoms with van der Waals surface area (Å²) >= 11 is 0. The fraction of sp³-hybridized carbons (Fsp3) is 0.588. The SMILES string of the molecule is Cn1c(=O)[nH]c2c(N3CCCC(OC(=O)NC(C)(C)C)C3)ccnc21. The number of anilines is 1. The number of hydrogen-bond acceptors (Lipinski definition) is 5. The maximum atomic E-state index is 12.0. The number of pyridine rings is 1. The first-order valence-electron chi connectivity index (χ1n) is 8.52. The van der Waals surface area contributed by atoms with Crippen molar-refractivity contribution in [3.63, 3.8) is 0 Å². The average molecular weight is 347 g/mol. The van der Waals surface area contributed by atoms with E-state index in [1.807, 2.05) is 26.8 Å². The highest BCUT2D eigenvalue weighted by Gasteiger charge is 2.26. The van der Waals surface area contributed by atoms with Gasteiger partial charge in [0.15, 0.2) is 5.65 Å². The van der Waals surface area contributed by atoms with E-state index in [4.69, 9.17) is 4.74 Å². The van der Waals surface area contributed by atoms with Crippen LogP contribution in [0.4, 0.5) is 10.5 Å². The van der Waals surface area contributed by atoms with Crippen molar-refractivity contribution in [2.45, 2.75) is 45.3 Å². The van der Waals surface area contributed by atoms with E-state index >= 15 is 0 Å². The summed E-state index contributed by atoms with van der Waals surface area (Å²) in [4.78, 5) is 33.2. The minimum absolute atomic E-state index is 0.185. The zero-order valence-corrected chi connectivity index (χ0v) is 15.1. The zero-order valence-electron chi connectivity index (χ0n) is 15.1. The fourth-order valence-electron chi connectivity index (χ4n) is 3.11. The molecule has 1 aliphatic heterocycles. The van der Waals surface area contributed by atoms with Crippen LogP contribution in [-0.4, -0.2) is 45.4 Å². The summed E-state index contributed by atoms with van der Waals surface area (Å²) in [6.45, 7) is 7.19. The molecular weight excluding hydrogens is 322 g/mol. The normalized spacial score (nSPS) is 18.4. The second kappa shape index (κ2) is 6.42. The molecule has 136 valence electrons. The molecule has 3 heterocycles. The first-order chi connectivity index (χ1) is 11.7. The minimum Gasteiger partial charge on any atom is -0.444 e. The number of ether oxygens (including phenoxy) is 1. The van der Waals surface area contributed by atoms with Crippen molar-refractivity contribution in [3.05, 3.63) is 22.7 Å². The maximum Gasteiger partial charge on any atom is 0.407 e. The summed E-state index contributed by atoms with van der Waals surface area (Å²) < 4.78 is 7.07. The van der Waals surface area contributed by atoms with Crippen LogP contribution in [0.5, 0.6) is 0 Å². The number of carbonyl (C=O) groups is 1. The Balaban J connectivity index is 1.77. The summed E-state index contributed by atoms with van der Waals surface area (Å²) in [5.41, 5.74) is 1.73. The van der Waals surface area contributed by atoms with Gasteiger partial charge in [-0.3, -0.25) is 4.57 Å². The molecule has 1 saturated heterocycles. The van der Waals surface area contributed by atoms with Crippen LogP contribution in [0.2, 0.25) is 0 Å². The number of alkyl carbamates (subject to hydrolysis) is 1. The van der Waals surface area contributed by atoms with Crippen LogP contribution in [-0.2, 0) is 11.8 Å². The first-order valence-corrected chi connectivity index (χ1v) is 8.52. The quantitative estimate of drug-likeness (QED) is 0.863. The third-order valence-electron chi connectivity index (χ3n) is 4.23. The number of aromatic amines is 1. The topological polar surface area (TPSA) is 92.3 Å². The van der Waals surface area contributed by atoms with Gasteiger partial charge in [0.05, 0.1) is 12.2 Å². The van der Waals surface area contributed by atoms with E-state index in [0.717, 1.165) is 30.6 Å². The third-order valence-corrected chi connectivity index (χ3v) is 4.23. The number of piperidine rings is 1. The molecule has 0 aromatic carbocycles. The number of hydrogen-bond donors (Lipinski definition) is 2. The van der Waals surface area contributed by atoms with Crippen LogP contribution >= 0.6 is 0 Å². The molecule has 3 rings (SSSR count). The van der Waals surface area contributed by atoms with Gasteiger partial charge in [-0.1, -0.05) is 0 Å². The highest BCUT2D eigenvalue weighted by molar-refractivity contribution is 5.86. The highest BCUT2D eigenvalue weighted by atomic mass is 16.6. The first kappa shape index (κ1) is 17.3. The Hall–Kier alpha value is -2.51. The molecule has 1 fully saturated rings. The lowest BCUT2D eigenvalue weighted by molar-refractivity contribution is 0.0827. The van der Waals surface area contributed by atoms with Crippen molar-refractivity contribution in [2.75, 3.05) is 18.0 Å². The number of rotatable bonds is 2. The van der Waals surface area contributed by atoms with Crippen molar-refractivity contribution in [2.24, 2.45) is 7.05 Å². The van der Waals surface area contributed by atoms with Crippen molar-refractivity contribution < 1.29 is 9.53 Å². The van der Waals surface area contributed by atoms with E-state index in [1.54, 1.807) is 13.2 Å².